The van der Waals surface area contributed by atoms with E-state index in [4.69, 9.17) is 4.42 Å². The van der Waals surface area contributed by atoms with E-state index in [2.05, 4.69) is 10.4 Å². The van der Waals surface area contributed by atoms with Crippen molar-refractivity contribution in [2.75, 3.05) is 5.32 Å². The number of para-hydroxylation sites is 1. The topological polar surface area (TPSA) is 82.1 Å². The van der Waals surface area contributed by atoms with Gasteiger partial charge in [0, 0.05) is 35.6 Å². The number of fused-ring (bicyclic) bond motifs is 1. The number of aryl methyl sites for hydroxylation is 1. The zero-order chi connectivity index (χ0) is 22.2. The van der Waals surface area contributed by atoms with Gasteiger partial charge in [-0.3, -0.25) is 4.79 Å². The highest BCUT2D eigenvalue weighted by Crippen LogP contribution is 2.24. The fourth-order valence-electron chi connectivity index (χ4n) is 3.63. The molecule has 0 saturated carbocycles. The first kappa shape index (κ1) is 19.5. The molecule has 0 spiro atoms. The number of anilines is 1. The predicted octanol–water partition coefficient (Wildman–Crippen LogP) is 4.47. The summed E-state index contributed by atoms with van der Waals surface area (Å²) >= 11 is 0. The number of amides is 1. The highest BCUT2D eigenvalue weighted by molar-refractivity contribution is 6.07. The zero-order valence-electron chi connectivity index (χ0n) is 16.9. The molecule has 158 valence electrons. The Morgan fingerprint density at radius 3 is 2.62 bits per heavy atom. The fourth-order valence-corrected chi connectivity index (χ4v) is 3.63. The molecule has 0 aliphatic carbocycles. The van der Waals surface area contributed by atoms with Crippen LogP contribution in [0.15, 0.2) is 88.5 Å². The van der Waals surface area contributed by atoms with Gasteiger partial charge in [-0.25, -0.2) is 13.9 Å². The van der Waals surface area contributed by atoms with Crippen LogP contribution in [0.4, 0.5) is 10.1 Å². The van der Waals surface area contributed by atoms with Gasteiger partial charge in [0.25, 0.3) is 5.91 Å². The number of benzene rings is 2. The minimum absolute atomic E-state index is 0.221. The Bertz CT molecular complexity index is 1520. The van der Waals surface area contributed by atoms with Crippen molar-refractivity contribution in [3.8, 4) is 11.5 Å². The maximum Gasteiger partial charge on any atom is 0.336 e. The Morgan fingerprint density at radius 2 is 1.84 bits per heavy atom. The van der Waals surface area contributed by atoms with Crippen LogP contribution in [0, 0.1) is 12.7 Å². The van der Waals surface area contributed by atoms with Gasteiger partial charge >= 0.3 is 5.63 Å². The Balaban J connectivity index is 1.57. The van der Waals surface area contributed by atoms with E-state index in [1.807, 2.05) is 6.92 Å². The Hall–Kier alpha value is -4.46. The lowest BCUT2D eigenvalue weighted by Crippen LogP contribution is -2.15. The van der Waals surface area contributed by atoms with E-state index in [0.29, 0.717) is 17.1 Å². The molecule has 3 aromatic heterocycles. The number of aromatic nitrogens is 3. The molecule has 0 atom stereocenters. The van der Waals surface area contributed by atoms with E-state index in [0.717, 1.165) is 10.9 Å². The first-order valence-corrected chi connectivity index (χ1v) is 9.83. The number of nitrogens with one attached hydrogen (secondary N) is 1. The summed E-state index contributed by atoms with van der Waals surface area (Å²) in [6, 6.07) is 16.3. The predicted molar refractivity (Wildman–Crippen MR) is 118 cm³/mol. The lowest BCUT2D eigenvalue weighted by molar-refractivity contribution is 0.102. The Kier molecular flexibility index (Phi) is 4.67. The molecule has 0 unspecified atom stereocenters. The van der Waals surface area contributed by atoms with Crippen molar-refractivity contribution in [3.63, 3.8) is 0 Å². The lowest BCUT2D eigenvalue weighted by Gasteiger charge is -2.12. The quantitative estimate of drug-likeness (QED) is 0.428. The summed E-state index contributed by atoms with van der Waals surface area (Å²) in [6.45, 7) is 1.82. The maximum absolute atomic E-state index is 14.5. The van der Waals surface area contributed by atoms with E-state index in [9.17, 15) is 14.0 Å². The van der Waals surface area contributed by atoms with Gasteiger partial charge in [-0.05, 0) is 48.9 Å². The molecule has 8 heteroatoms. The summed E-state index contributed by atoms with van der Waals surface area (Å²) in [6.07, 6.45) is 4.89. The maximum atomic E-state index is 14.5. The van der Waals surface area contributed by atoms with E-state index < -0.39 is 17.3 Å². The summed E-state index contributed by atoms with van der Waals surface area (Å²) in [7, 11) is 0. The molecule has 0 fully saturated rings. The van der Waals surface area contributed by atoms with Gasteiger partial charge in [0.15, 0.2) is 5.82 Å². The largest absolute Gasteiger partial charge is 0.423 e. The van der Waals surface area contributed by atoms with Crippen LogP contribution in [0.3, 0.4) is 0 Å². The van der Waals surface area contributed by atoms with Crippen LogP contribution < -0.4 is 10.9 Å². The first-order valence-electron chi connectivity index (χ1n) is 9.83. The number of hydrogen-bond donors (Lipinski definition) is 1. The van der Waals surface area contributed by atoms with Crippen molar-refractivity contribution in [2.45, 2.75) is 6.92 Å². The minimum Gasteiger partial charge on any atom is -0.423 e. The highest BCUT2D eigenvalue weighted by Gasteiger charge is 2.21. The van der Waals surface area contributed by atoms with Gasteiger partial charge in [0.1, 0.15) is 22.7 Å². The minimum atomic E-state index is -0.462. The van der Waals surface area contributed by atoms with Gasteiger partial charge < -0.3 is 14.3 Å². The Labute approximate surface area is 181 Å². The van der Waals surface area contributed by atoms with E-state index in [-0.39, 0.29) is 11.3 Å². The monoisotopic (exact) mass is 428 g/mol. The van der Waals surface area contributed by atoms with Gasteiger partial charge in [0.2, 0.25) is 0 Å². The van der Waals surface area contributed by atoms with Crippen molar-refractivity contribution < 1.29 is 13.6 Å². The van der Waals surface area contributed by atoms with Crippen molar-refractivity contribution in [1.29, 1.82) is 0 Å². The third-order valence-corrected chi connectivity index (χ3v) is 5.13. The third-order valence-electron chi connectivity index (χ3n) is 5.13. The molecule has 5 rings (SSSR count). The molecule has 32 heavy (non-hydrogen) atoms. The van der Waals surface area contributed by atoms with E-state index in [1.54, 1.807) is 65.5 Å². The highest BCUT2D eigenvalue weighted by atomic mass is 19.1. The standard InChI is InChI=1S/C24H17FN4O3/c1-15-12-22(30)32-21-13-16(8-9-17(15)21)27-23(31)18-14-26-29(20-7-3-2-6-19(20)25)24(18)28-10-4-5-11-28/h2-14H,1H3,(H,27,31). The number of nitrogens with zero attached hydrogens (tertiary/aromatic N) is 3. The van der Waals surface area contributed by atoms with Crippen LogP contribution in [-0.4, -0.2) is 20.3 Å². The summed E-state index contributed by atoms with van der Waals surface area (Å²) in [5.41, 5.74) is 1.62. The van der Waals surface area contributed by atoms with E-state index >= 15 is 0 Å². The van der Waals surface area contributed by atoms with Gasteiger partial charge in [-0.15, -0.1) is 0 Å². The number of carbonyl (C=O) groups excluding carboxylic acids is 1. The molecule has 1 amide bonds. The van der Waals surface area contributed by atoms with Gasteiger partial charge in [-0.1, -0.05) is 12.1 Å². The van der Waals surface area contributed by atoms with Crippen molar-refractivity contribution in [1.82, 2.24) is 14.3 Å². The first-order chi connectivity index (χ1) is 15.5. The van der Waals surface area contributed by atoms with Crippen LogP contribution in [0.1, 0.15) is 15.9 Å². The summed E-state index contributed by atoms with van der Waals surface area (Å²) in [5.74, 6) is -0.512. The fraction of sp³-hybridized carbons (Fsp3) is 0.0417. The molecule has 3 heterocycles. The number of halogens is 1. The molecule has 5 aromatic rings. The normalized spacial score (nSPS) is 11.1. The van der Waals surface area contributed by atoms with Crippen LogP contribution >= 0.6 is 0 Å². The third kappa shape index (κ3) is 3.37. The van der Waals surface area contributed by atoms with Crippen LogP contribution in [0.2, 0.25) is 0 Å². The average molecular weight is 428 g/mol. The molecule has 0 radical (unpaired) electrons. The second kappa shape index (κ2) is 7.66. The Morgan fingerprint density at radius 1 is 1.06 bits per heavy atom. The summed E-state index contributed by atoms with van der Waals surface area (Å²) in [4.78, 5) is 24.9. The molecule has 0 bridgehead atoms. The second-order valence-corrected chi connectivity index (χ2v) is 7.25. The van der Waals surface area contributed by atoms with Crippen molar-refractivity contribution in [2.24, 2.45) is 0 Å². The smallest absolute Gasteiger partial charge is 0.336 e. The van der Waals surface area contributed by atoms with Crippen LogP contribution in [-0.2, 0) is 0 Å². The lowest BCUT2D eigenvalue weighted by atomic mass is 10.1. The van der Waals surface area contributed by atoms with Crippen molar-refractivity contribution >= 4 is 22.6 Å². The molecule has 0 aliphatic heterocycles. The van der Waals surface area contributed by atoms with Crippen LogP contribution in [0.5, 0.6) is 0 Å². The number of carbonyl (C=O) groups is 1. The molecular formula is C24H17FN4O3. The second-order valence-electron chi connectivity index (χ2n) is 7.25. The van der Waals surface area contributed by atoms with E-state index in [1.165, 1.54) is 23.0 Å². The molecule has 1 N–H and O–H groups in total. The SMILES string of the molecule is Cc1cc(=O)oc2cc(NC(=O)c3cnn(-c4ccccc4F)c3-n3cccc3)ccc12. The van der Waals surface area contributed by atoms with Gasteiger partial charge in [-0.2, -0.15) is 5.10 Å². The van der Waals surface area contributed by atoms with Crippen LogP contribution in [0.25, 0.3) is 22.5 Å². The average Bonchev–Trinajstić information content (AvgIpc) is 3.43. The number of rotatable bonds is 4. The summed E-state index contributed by atoms with van der Waals surface area (Å²) < 4.78 is 22.8. The number of hydrogen-bond acceptors (Lipinski definition) is 4. The van der Waals surface area contributed by atoms with Crippen molar-refractivity contribution in [3.05, 3.63) is 107 Å². The zero-order valence-corrected chi connectivity index (χ0v) is 16.9. The van der Waals surface area contributed by atoms with Gasteiger partial charge in [0.05, 0.1) is 6.20 Å². The molecule has 7 nitrogen and oxygen atoms in total. The molecule has 2 aromatic carbocycles. The summed E-state index contributed by atoms with van der Waals surface area (Å²) in [5, 5.41) is 7.86. The molecular weight excluding hydrogens is 411 g/mol. The molecule has 0 aliphatic rings. The molecule has 0 saturated heterocycles.